The van der Waals surface area contributed by atoms with Crippen LogP contribution in [0.15, 0.2) is 41.3 Å². The lowest BCUT2D eigenvalue weighted by molar-refractivity contribution is -0.119. The molecule has 180 valence electrons. The molecule has 4 rings (SSSR count). The topological polar surface area (TPSA) is 102 Å². The van der Waals surface area contributed by atoms with E-state index in [-0.39, 0.29) is 24.6 Å². The molecule has 1 N–H and O–H groups in total. The van der Waals surface area contributed by atoms with Gasteiger partial charge < -0.3 is 15.0 Å². The van der Waals surface area contributed by atoms with Crippen molar-refractivity contribution in [1.29, 1.82) is 0 Å². The van der Waals surface area contributed by atoms with Crippen molar-refractivity contribution in [1.82, 2.24) is 19.7 Å². The highest BCUT2D eigenvalue weighted by molar-refractivity contribution is 5.90. The Bertz CT molecular complexity index is 1290. The van der Waals surface area contributed by atoms with Gasteiger partial charge in [0.25, 0.3) is 5.56 Å². The predicted molar refractivity (Wildman–Crippen MR) is 126 cm³/mol. The minimum Gasteiger partial charge on any atom is -0.442 e. The van der Waals surface area contributed by atoms with E-state index < -0.39 is 18.0 Å². The molecule has 3 heterocycles. The number of hydrogen-bond donors (Lipinski definition) is 1. The van der Waals surface area contributed by atoms with E-state index in [1.807, 2.05) is 11.8 Å². The van der Waals surface area contributed by atoms with Crippen LogP contribution in [0.2, 0.25) is 0 Å². The first-order valence-corrected chi connectivity index (χ1v) is 11.1. The quantitative estimate of drug-likeness (QED) is 0.539. The molecule has 1 atom stereocenters. The van der Waals surface area contributed by atoms with Gasteiger partial charge in [-0.2, -0.15) is 0 Å². The van der Waals surface area contributed by atoms with Gasteiger partial charge in [-0.15, -0.1) is 0 Å². The number of carbonyl (C=O) groups excluding carboxylic acids is 2. The van der Waals surface area contributed by atoms with Gasteiger partial charge in [0.1, 0.15) is 11.9 Å². The normalized spacial score (nSPS) is 15.6. The molecule has 3 aromatic rings. The van der Waals surface area contributed by atoms with Crippen LogP contribution in [0.5, 0.6) is 0 Å². The second-order valence-electron chi connectivity index (χ2n) is 8.10. The Morgan fingerprint density at radius 3 is 2.82 bits per heavy atom. The van der Waals surface area contributed by atoms with Gasteiger partial charge in [-0.3, -0.25) is 23.9 Å². The minimum absolute atomic E-state index is 0.129. The van der Waals surface area contributed by atoms with E-state index in [1.165, 1.54) is 22.6 Å². The molecule has 0 aliphatic carbocycles. The predicted octanol–water partition coefficient (Wildman–Crippen LogP) is 1.86. The average Bonchev–Trinajstić information content (AvgIpc) is 3.31. The summed E-state index contributed by atoms with van der Waals surface area (Å²) in [4.78, 5) is 43.3. The number of amides is 2. The summed E-state index contributed by atoms with van der Waals surface area (Å²) >= 11 is 0. The molecule has 1 unspecified atom stereocenters. The fourth-order valence-electron chi connectivity index (χ4n) is 4.13. The number of ether oxygens (including phenoxy) is 1. The molecule has 0 radical (unpaired) electrons. The van der Waals surface area contributed by atoms with E-state index in [0.29, 0.717) is 42.0 Å². The second kappa shape index (κ2) is 9.54. The third-order valence-electron chi connectivity index (χ3n) is 5.92. The zero-order valence-corrected chi connectivity index (χ0v) is 19.3. The van der Waals surface area contributed by atoms with Crippen LogP contribution >= 0.6 is 0 Å². The largest absolute Gasteiger partial charge is 0.442 e. The fraction of sp³-hybridized carbons (Fsp3) is 0.391. The third kappa shape index (κ3) is 4.45. The number of likely N-dealkylation sites (N-methyl/N-ethyl adjacent to an activating group) is 1. The Morgan fingerprint density at radius 1 is 1.32 bits per heavy atom. The smallest absolute Gasteiger partial charge is 0.414 e. The summed E-state index contributed by atoms with van der Waals surface area (Å²) in [5, 5.41) is 3.16. The first kappa shape index (κ1) is 23.3. The molecule has 1 aromatic carbocycles. The van der Waals surface area contributed by atoms with E-state index in [9.17, 15) is 14.4 Å². The highest BCUT2D eigenvalue weighted by atomic mass is 19.1. The van der Waals surface area contributed by atoms with Crippen LogP contribution in [-0.4, -0.2) is 58.6 Å². The third-order valence-corrected chi connectivity index (χ3v) is 5.92. The lowest BCUT2D eigenvalue weighted by Crippen LogP contribution is -2.33. The highest BCUT2D eigenvalue weighted by Gasteiger charge is 2.32. The molecule has 0 bridgehead atoms. The van der Waals surface area contributed by atoms with Crippen molar-refractivity contribution in [3.8, 4) is 0 Å². The Morgan fingerprint density at radius 2 is 2.12 bits per heavy atom. The van der Waals surface area contributed by atoms with E-state index >= 15 is 4.39 Å². The zero-order valence-electron chi connectivity index (χ0n) is 19.3. The maximum atomic E-state index is 15.1. The number of rotatable bonds is 8. The van der Waals surface area contributed by atoms with E-state index in [0.717, 1.165) is 0 Å². The molecular formula is C23H27FN6O4. The van der Waals surface area contributed by atoms with Crippen LogP contribution in [0, 0.1) is 5.82 Å². The monoisotopic (exact) mass is 470 g/mol. The number of pyridine rings is 1. The van der Waals surface area contributed by atoms with Gasteiger partial charge in [0.2, 0.25) is 5.91 Å². The number of cyclic esters (lactones) is 1. The molecule has 1 fully saturated rings. The summed E-state index contributed by atoms with van der Waals surface area (Å²) in [7, 11) is 1.68. The molecule has 0 spiro atoms. The van der Waals surface area contributed by atoms with Crippen LogP contribution in [0.3, 0.4) is 0 Å². The van der Waals surface area contributed by atoms with Crippen molar-refractivity contribution in [3.63, 3.8) is 0 Å². The minimum atomic E-state index is -0.581. The van der Waals surface area contributed by atoms with Crippen molar-refractivity contribution >= 4 is 34.4 Å². The number of halogens is 1. The maximum absolute atomic E-state index is 15.1. The summed E-state index contributed by atoms with van der Waals surface area (Å²) in [5.74, 6) is -0.685. The Balaban J connectivity index is 1.49. The average molecular weight is 471 g/mol. The summed E-state index contributed by atoms with van der Waals surface area (Å²) in [5.41, 5.74) is 1.23. The van der Waals surface area contributed by atoms with Crippen molar-refractivity contribution in [2.45, 2.75) is 26.5 Å². The van der Waals surface area contributed by atoms with Crippen molar-refractivity contribution in [2.75, 3.05) is 36.0 Å². The molecular weight excluding hydrogens is 443 g/mol. The second-order valence-corrected chi connectivity index (χ2v) is 8.10. The summed E-state index contributed by atoms with van der Waals surface area (Å²) in [6, 6.07) is 8.07. The Hall–Kier alpha value is -3.89. The number of hydrogen-bond acceptors (Lipinski definition) is 6. The Labute approximate surface area is 195 Å². The number of aromatic nitrogens is 3. The number of nitrogens with one attached hydrogen (secondary N) is 1. The fourth-order valence-corrected chi connectivity index (χ4v) is 4.13. The summed E-state index contributed by atoms with van der Waals surface area (Å²) in [6.07, 6.45) is 0.559. The van der Waals surface area contributed by atoms with E-state index in [1.54, 1.807) is 42.2 Å². The van der Waals surface area contributed by atoms with Crippen LogP contribution in [0.25, 0.3) is 11.0 Å². The molecule has 10 nitrogen and oxygen atoms in total. The van der Waals surface area contributed by atoms with E-state index in [2.05, 4.69) is 10.3 Å². The Kier molecular flexibility index (Phi) is 6.53. The molecule has 1 aliphatic rings. The first-order chi connectivity index (χ1) is 16.3. The lowest BCUT2D eigenvalue weighted by Gasteiger charge is -2.25. The van der Waals surface area contributed by atoms with Gasteiger partial charge in [0.15, 0.2) is 5.65 Å². The number of fused-ring (bicyclic) bond motifs is 1. The maximum Gasteiger partial charge on any atom is 0.414 e. The van der Waals surface area contributed by atoms with E-state index in [4.69, 9.17) is 4.74 Å². The van der Waals surface area contributed by atoms with Crippen molar-refractivity contribution in [2.24, 2.45) is 7.05 Å². The van der Waals surface area contributed by atoms with Crippen molar-refractivity contribution in [3.05, 3.63) is 52.7 Å². The summed E-state index contributed by atoms with van der Waals surface area (Å²) < 4.78 is 23.7. The molecule has 0 saturated carbocycles. The van der Waals surface area contributed by atoms with Gasteiger partial charge in [-0.25, -0.2) is 14.2 Å². The molecule has 1 aliphatic heterocycles. The number of nitrogens with zero attached hydrogens (tertiary/aromatic N) is 5. The van der Waals surface area contributed by atoms with Crippen LogP contribution in [-0.2, 0) is 23.1 Å². The highest BCUT2D eigenvalue weighted by Crippen LogP contribution is 2.28. The number of carbonyl (C=O) groups is 2. The zero-order chi connectivity index (χ0) is 24.4. The van der Waals surface area contributed by atoms with Gasteiger partial charge in [-0.05, 0) is 37.3 Å². The van der Waals surface area contributed by atoms with Gasteiger partial charge in [0.05, 0.1) is 36.4 Å². The molecule has 11 heteroatoms. The number of anilines is 2. The summed E-state index contributed by atoms with van der Waals surface area (Å²) in [6.45, 7) is 5.15. The standard InChI is InChI=1S/C23H27FN6O4/c1-4-28(10-11-30-21-18(6-5-9-25-21)22(32)27(30)3)20-8-7-16(12-19(20)24)29-14-17(34-23(29)33)13-26-15(2)31/h5-9,12,17H,4,10-11,13-14H2,1-3H3,(H,26,31). The lowest BCUT2D eigenvalue weighted by atomic mass is 10.2. The molecule has 34 heavy (non-hydrogen) atoms. The van der Waals surface area contributed by atoms with Crippen LogP contribution in [0.1, 0.15) is 13.8 Å². The SMILES string of the molecule is CCN(CCn1c2ncccc2c(=O)n1C)c1ccc(N2CC(CNC(C)=O)OC2=O)cc1F. The molecule has 2 amide bonds. The van der Waals surface area contributed by atoms with Crippen LogP contribution < -0.4 is 20.7 Å². The van der Waals surface area contributed by atoms with Gasteiger partial charge >= 0.3 is 6.09 Å². The molecule has 2 aromatic heterocycles. The first-order valence-electron chi connectivity index (χ1n) is 11.1. The van der Waals surface area contributed by atoms with Crippen LogP contribution in [0.4, 0.5) is 20.6 Å². The van der Waals surface area contributed by atoms with Gasteiger partial charge in [-0.1, -0.05) is 0 Å². The molecule has 1 saturated heterocycles. The van der Waals surface area contributed by atoms with Gasteiger partial charge in [0, 0.05) is 33.3 Å². The number of benzene rings is 1. The van der Waals surface area contributed by atoms with Crippen molar-refractivity contribution < 1.29 is 18.7 Å².